The van der Waals surface area contributed by atoms with Gasteiger partial charge in [0, 0.05) is 24.6 Å². The summed E-state index contributed by atoms with van der Waals surface area (Å²) < 4.78 is 36.5. The Kier molecular flexibility index (Phi) is 11.1. The second-order valence-electron chi connectivity index (χ2n) is 9.98. The number of benzene rings is 1. The molecule has 0 bridgehead atoms. The Hall–Kier alpha value is -2.13. The fraction of sp³-hybridized carbons (Fsp3) is 0.560. The van der Waals surface area contributed by atoms with E-state index in [1.165, 1.54) is 26.3 Å². The predicted molar refractivity (Wildman–Crippen MR) is 147 cm³/mol. The summed E-state index contributed by atoms with van der Waals surface area (Å²) in [5.74, 6) is 0.219. The van der Waals surface area contributed by atoms with E-state index < -0.39 is 49.5 Å². The van der Waals surface area contributed by atoms with Crippen LogP contribution in [0.4, 0.5) is 0 Å². The molecule has 3 rings (SSSR count). The Labute approximate surface area is 236 Å². The largest absolute Gasteiger partial charge is 0.481 e. The Morgan fingerprint density at radius 1 is 1.27 bits per heavy atom. The highest BCUT2D eigenvalue weighted by atomic mass is 32.2. The minimum atomic E-state index is -4.02. The molecule has 3 unspecified atom stereocenters. The van der Waals surface area contributed by atoms with Crippen molar-refractivity contribution in [2.45, 2.75) is 51.4 Å². The molecule has 0 amide bonds. The van der Waals surface area contributed by atoms with Crippen molar-refractivity contribution in [3.8, 4) is 5.88 Å². The summed E-state index contributed by atoms with van der Waals surface area (Å²) in [6.07, 6.45) is -2.72. The van der Waals surface area contributed by atoms with E-state index >= 15 is 0 Å². The molecule has 40 heavy (non-hydrogen) atoms. The van der Waals surface area contributed by atoms with Crippen LogP contribution < -0.4 is 15.5 Å². The van der Waals surface area contributed by atoms with Gasteiger partial charge in [-0.3, -0.25) is 18.4 Å². The summed E-state index contributed by atoms with van der Waals surface area (Å²) in [4.78, 5) is 28.4. The van der Waals surface area contributed by atoms with Crippen molar-refractivity contribution in [3.05, 3.63) is 58.6 Å². The molecule has 1 aromatic carbocycles. The molecular weight excluding hydrogens is 565 g/mol. The normalized spacial score (nSPS) is 24.5. The summed E-state index contributed by atoms with van der Waals surface area (Å²) in [6, 6.07) is 10.5. The number of aliphatic hydroxyl groups excluding tert-OH is 2. The zero-order valence-electron chi connectivity index (χ0n) is 22.8. The van der Waals surface area contributed by atoms with Crippen LogP contribution in [0, 0.1) is 5.41 Å². The molecule has 1 saturated heterocycles. The van der Waals surface area contributed by atoms with Gasteiger partial charge in [0.25, 0.3) is 0 Å². The first-order valence-corrected chi connectivity index (χ1v) is 15.0. The van der Waals surface area contributed by atoms with Crippen LogP contribution in [0.5, 0.6) is 5.88 Å². The van der Waals surface area contributed by atoms with Crippen LogP contribution in [0.15, 0.2) is 47.4 Å². The first-order chi connectivity index (χ1) is 18.8. The quantitative estimate of drug-likeness (QED) is 0.181. The summed E-state index contributed by atoms with van der Waals surface area (Å²) in [5, 5.41) is 33.7. The number of aliphatic hydroxyl groups is 3. The van der Waals surface area contributed by atoms with E-state index in [2.05, 4.69) is 10.1 Å². The maximum atomic E-state index is 13.6. The van der Waals surface area contributed by atoms with Gasteiger partial charge in [0.05, 0.1) is 32.3 Å². The van der Waals surface area contributed by atoms with Crippen molar-refractivity contribution >= 4 is 24.6 Å². The number of hydrogen-bond donors (Lipinski definition) is 4. The molecule has 0 radical (unpaired) electrons. The molecule has 2 aromatic rings. The number of aromatic nitrogens is 2. The Morgan fingerprint density at radius 2 is 1.98 bits per heavy atom. The maximum absolute atomic E-state index is 13.6. The average Bonchev–Trinajstić information content (AvgIpc) is 3.17. The fourth-order valence-corrected chi connectivity index (χ4v) is 5.94. The van der Waals surface area contributed by atoms with E-state index in [9.17, 15) is 29.5 Å². The van der Waals surface area contributed by atoms with Gasteiger partial charge in [0.15, 0.2) is 11.3 Å². The third-order valence-electron chi connectivity index (χ3n) is 6.27. The lowest BCUT2D eigenvalue weighted by molar-refractivity contribution is -0.119. The fourth-order valence-electron chi connectivity index (χ4n) is 3.70. The van der Waals surface area contributed by atoms with Crippen LogP contribution in [0.2, 0.25) is 0 Å². The van der Waals surface area contributed by atoms with Gasteiger partial charge in [-0.1, -0.05) is 42.1 Å². The number of rotatable bonds is 14. The van der Waals surface area contributed by atoms with Crippen LogP contribution in [0.1, 0.15) is 32.6 Å². The Morgan fingerprint density at radius 3 is 2.60 bits per heavy atom. The predicted octanol–water partition coefficient (Wildman–Crippen LogP) is 1.47. The van der Waals surface area contributed by atoms with Crippen molar-refractivity contribution < 1.29 is 43.2 Å². The topological polar surface area (TPSA) is 179 Å². The smallest absolute Gasteiger partial charge is 0.405 e. The van der Waals surface area contributed by atoms with Gasteiger partial charge >= 0.3 is 13.4 Å². The van der Waals surface area contributed by atoms with Gasteiger partial charge in [-0.05, 0) is 26.3 Å². The maximum Gasteiger partial charge on any atom is 0.405 e. The van der Waals surface area contributed by atoms with E-state index in [-0.39, 0.29) is 36.5 Å². The molecule has 1 fully saturated rings. The van der Waals surface area contributed by atoms with Crippen LogP contribution in [-0.2, 0) is 29.7 Å². The molecule has 1 aromatic heterocycles. The molecule has 222 valence electrons. The lowest BCUT2D eigenvalue weighted by Crippen LogP contribution is -2.46. The second-order valence-corrected chi connectivity index (χ2v) is 12.9. The molecule has 5 atom stereocenters. The number of hydrogen-bond acceptors (Lipinski definition) is 12. The SMILES string of the molecule is COc1ccn([C@@H]2O[C@H](COP(=O)(NCc3ccccc3)OCCSC(=O)C(C)(C)CO)C(O)C2(C)O)c(=O)n1. The van der Waals surface area contributed by atoms with Gasteiger partial charge < -0.3 is 24.8 Å². The van der Waals surface area contributed by atoms with E-state index in [1.54, 1.807) is 13.8 Å². The van der Waals surface area contributed by atoms with Crippen molar-refractivity contribution in [1.29, 1.82) is 0 Å². The molecule has 15 heteroatoms. The number of methoxy groups -OCH3 is 1. The van der Waals surface area contributed by atoms with Gasteiger partial charge in [-0.15, -0.1) is 0 Å². The second kappa shape index (κ2) is 13.7. The molecule has 4 N–H and O–H groups in total. The first kappa shape index (κ1) is 32.4. The van der Waals surface area contributed by atoms with Crippen molar-refractivity contribution in [2.24, 2.45) is 5.41 Å². The summed E-state index contributed by atoms with van der Waals surface area (Å²) in [5.41, 5.74) is -2.82. The summed E-state index contributed by atoms with van der Waals surface area (Å²) in [7, 11) is -2.67. The third kappa shape index (κ3) is 7.99. The highest BCUT2D eigenvalue weighted by Crippen LogP contribution is 2.46. The third-order valence-corrected chi connectivity index (χ3v) is 9.02. The van der Waals surface area contributed by atoms with E-state index in [4.69, 9.17) is 18.5 Å². The lowest BCUT2D eigenvalue weighted by atomic mass is 9.96. The van der Waals surface area contributed by atoms with Gasteiger partial charge in [-0.25, -0.2) is 14.4 Å². The number of carbonyl (C=O) groups is 1. The van der Waals surface area contributed by atoms with E-state index in [0.29, 0.717) is 0 Å². The number of thioether (sulfide) groups is 1. The van der Waals surface area contributed by atoms with Crippen LogP contribution >= 0.6 is 19.5 Å². The molecule has 13 nitrogen and oxygen atoms in total. The minimum absolute atomic E-state index is 0.0710. The molecule has 1 aliphatic rings. The van der Waals surface area contributed by atoms with E-state index in [0.717, 1.165) is 21.9 Å². The Balaban J connectivity index is 1.69. The highest BCUT2D eigenvalue weighted by Gasteiger charge is 2.54. The van der Waals surface area contributed by atoms with Crippen LogP contribution in [0.25, 0.3) is 0 Å². The molecular formula is C25H36N3O10PS. The molecule has 0 aliphatic carbocycles. The Bertz CT molecular complexity index is 1240. The average molecular weight is 602 g/mol. The number of ether oxygens (including phenoxy) is 2. The van der Waals surface area contributed by atoms with Crippen LogP contribution in [0.3, 0.4) is 0 Å². The minimum Gasteiger partial charge on any atom is -0.481 e. The highest BCUT2D eigenvalue weighted by molar-refractivity contribution is 8.13. The van der Waals surface area contributed by atoms with Crippen molar-refractivity contribution in [2.75, 3.05) is 32.7 Å². The molecule has 2 heterocycles. The van der Waals surface area contributed by atoms with Crippen molar-refractivity contribution in [1.82, 2.24) is 14.6 Å². The molecule has 0 saturated carbocycles. The lowest BCUT2D eigenvalue weighted by Gasteiger charge is -2.27. The van der Waals surface area contributed by atoms with E-state index in [1.807, 2.05) is 30.3 Å². The first-order valence-electron chi connectivity index (χ1n) is 12.5. The van der Waals surface area contributed by atoms with Gasteiger partial charge in [0.2, 0.25) is 5.88 Å². The number of carbonyl (C=O) groups excluding carboxylic acids is 1. The number of nitrogens with zero attached hydrogens (tertiary/aromatic N) is 2. The molecule has 0 spiro atoms. The summed E-state index contributed by atoms with van der Waals surface area (Å²) in [6.45, 7) is 3.75. The van der Waals surface area contributed by atoms with Crippen LogP contribution in [-0.4, -0.2) is 80.5 Å². The summed E-state index contributed by atoms with van der Waals surface area (Å²) >= 11 is 0.935. The van der Waals surface area contributed by atoms with Gasteiger partial charge in [0.1, 0.15) is 17.8 Å². The van der Waals surface area contributed by atoms with Gasteiger partial charge in [-0.2, -0.15) is 4.98 Å². The zero-order chi connectivity index (χ0) is 29.6. The molecule has 1 aliphatic heterocycles. The number of nitrogens with one attached hydrogen (secondary N) is 1. The standard InChI is InChI=1S/C25H36N3O10PS/c1-24(2,16-29)22(31)40-13-12-36-39(34,26-14-17-8-6-5-7-9-17)37-15-18-20(30)25(3,33)21(38-18)28-11-10-19(35-4)27-23(28)32/h5-11,18,20-21,29-30,33H,12-16H2,1-4H3,(H,26,34)/t18-,20?,21-,25?,39?/m1/s1. The zero-order valence-corrected chi connectivity index (χ0v) is 24.5. The van der Waals surface area contributed by atoms with Crippen molar-refractivity contribution in [3.63, 3.8) is 0 Å². The monoisotopic (exact) mass is 601 g/mol.